The van der Waals surface area contributed by atoms with Gasteiger partial charge in [-0.3, -0.25) is 9.59 Å². The molecule has 0 saturated carbocycles. The third-order valence-electron chi connectivity index (χ3n) is 4.54. The summed E-state index contributed by atoms with van der Waals surface area (Å²) in [6, 6.07) is 9.26. The van der Waals surface area contributed by atoms with E-state index in [2.05, 4.69) is 10.6 Å². The van der Waals surface area contributed by atoms with Gasteiger partial charge >= 0.3 is 0 Å². The standard InChI is InChI=1S/C21H23FN2O4/c1-12(2)21(14-4-6-15(22)7-5-14)23-10-20(26)24-17-9-19-18(27-11-28-19)8-16(17)13(3)25/h4-9,12,21,23H,10-11H2,1-3H3,(H,24,26)/t21-/m0/s1. The fraction of sp³-hybridized carbons (Fsp3) is 0.333. The Labute approximate surface area is 163 Å². The van der Waals surface area contributed by atoms with Gasteiger partial charge in [0.15, 0.2) is 17.3 Å². The second-order valence-corrected chi connectivity index (χ2v) is 7.01. The van der Waals surface area contributed by atoms with Gasteiger partial charge in [-0.25, -0.2) is 4.39 Å². The van der Waals surface area contributed by atoms with E-state index in [1.807, 2.05) is 13.8 Å². The monoisotopic (exact) mass is 386 g/mol. The van der Waals surface area contributed by atoms with E-state index in [0.717, 1.165) is 5.56 Å². The number of carbonyl (C=O) groups excluding carboxylic acids is 2. The van der Waals surface area contributed by atoms with Gasteiger partial charge in [0.2, 0.25) is 12.7 Å². The number of Topliss-reactive ketones (excluding diaryl/α,β-unsaturated/α-hetero) is 1. The SMILES string of the molecule is CC(=O)c1cc2c(cc1NC(=O)CN[C@H](c1ccc(F)cc1)C(C)C)OCO2. The van der Waals surface area contributed by atoms with Crippen molar-refractivity contribution in [1.82, 2.24) is 5.32 Å². The number of halogens is 1. The summed E-state index contributed by atoms with van der Waals surface area (Å²) in [5.41, 5.74) is 1.64. The number of amides is 1. The van der Waals surface area contributed by atoms with Gasteiger partial charge in [0.05, 0.1) is 12.2 Å². The van der Waals surface area contributed by atoms with E-state index in [4.69, 9.17) is 9.47 Å². The van der Waals surface area contributed by atoms with Crippen LogP contribution < -0.4 is 20.1 Å². The lowest BCUT2D eigenvalue weighted by molar-refractivity contribution is -0.115. The minimum absolute atomic E-state index is 0.0337. The first kappa shape index (κ1) is 19.8. The van der Waals surface area contributed by atoms with Crippen LogP contribution in [0.3, 0.4) is 0 Å². The molecule has 1 aliphatic rings. The maximum Gasteiger partial charge on any atom is 0.238 e. The number of anilines is 1. The van der Waals surface area contributed by atoms with Gasteiger partial charge in [-0.2, -0.15) is 0 Å². The van der Waals surface area contributed by atoms with Crippen molar-refractivity contribution >= 4 is 17.4 Å². The Morgan fingerprint density at radius 3 is 2.36 bits per heavy atom. The molecule has 1 aliphatic heterocycles. The average molecular weight is 386 g/mol. The maximum absolute atomic E-state index is 13.2. The molecule has 28 heavy (non-hydrogen) atoms. The number of ether oxygens (including phenoxy) is 2. The summed E-state index contributed by atoms with van der Waals surface area (Å²) < 4.78 is 23.8. The highest BCUT2D eigenvalue weighted by Crippen LogP contribution is 2.37. The van der Waals surface area contributed by atoms with E-state index in [9.17, 15) is 14.0 Å². The Hall–Kier alpha value is -2.93. The molecule has 2 aromatic rings. The molecule has 6 nitrogen and oxygen atoms in total. The molecule has 1 heterocycles. The van der Waals surface area contributed by atoms with Crippen LogP contribution in [0.15, 0.2) is 36.4 Å². The van der Waals surface area contributed by atoms with Crippen LogP contribution in [0, 0.1) is 11.7 Å². The molecule has 0 spiro atoms. The van der Waals surface area contributed by atoms with Crippen LogP contribution in [0.25, 0.3) is 0 Å². The lowest BCUT2D eigenvalue weighted by Gasteiger charge is -2.23. The van der Waals surface area contributed by atoms with Gasteiger partial charge in [-0.05, 0) is 36.6 Å². The van der Waals surface area contributed by atoms with Gasteiger partial charge in [-0.1, -0.05) is 26.0 Å². The average Bonchev–Trinajstić information content (AvgIpc) is 3.09. The molecule has 0 radical (unpaired) electrons. The Morgan fingerprint density at radius 2 is 1.75 bits per heavy atom. The second-order valence-electron chi connectivity index (χ2n) is 7.01. The molecule has 0 aromatic heterocycles. The van der Waals surface area contributed by atoms with E-state index in [-0.39, 0.29) is 42.8 Å². The summed E-state index contributed by atoms with van der Waals surface area (Å²) in [6.45, 7) is 5.58. The van der Waals surface area contributed by atoms with E-state index in [0.29, 0.717) is 22.7 Å². The molecular formula is C21H23FN2O4. The fourth-order valence-corrected chi connectivity index (χ4v) is 3.14. The summed E-state index contributed by atoms with van der Waals surface area (Å²) in [6.07, 6.45) is 0. The normalized spacial score (nSPS) is 13.5. The molecule has 1 atom stereocenters. The molecule has 0 saturated heterocycles. The fourth-order valence-electron chi connectivity index (χ4n) is 3.14. The van der Waals surface area contributed by atoms with Crippen LogP contribution in [0.5, 0.6) is 11.5 Å². The molecule has 2 aromatic carbocycles. The number of nitrogens with one attached hydrogen (secondary N) is 2. The molecule has 0 fully saturated rings. The molecule has 3 rings (SSSR count). The van der Waals surface area contributed by atoms with Crippen LogP contribution in [0.1, 0.15) is 42.7 Å². The molecule has 2 N–H and O–H groups in total. The summed E-state index contributed by atoms with van der Waals surface area (Å²) in [7, 11) is 0. The van der Waals surface area contributed by atoms with Crippen molar-refractivity contribution in [3.8, 4) is 11.5 Å². The summed E-state index contributed by atoms with van der Waals surface area (Å²) >= 11 is 0. The van der Waals surface area contributed by atoms with Gasteiger partial charge in [0.1, 0.15) is 5.82 Å². The predicted octanol–water partition coefficient (Wildman–Crippen LogP) is 3.68. The van der Waals surface area contributed by atoms with Crippen LogP contribution in [-0.2, 0) is 4.79 Å². The highest BCUT2D eigenvalue weighted by Gasteiger charge is 2.21. The third kappa shape index (κ3) is 4.48. The lowest BCUT2D eigenvalue weighted by atomic mass is 9.96. The van der Waals surface area contributed by atoms with E-state index < -0.39 is 0 Å². The van der Waals surface area contributed by atoms with Crippen LogP contribution in [-0.4, -0.2) is 25.0 Å². The molecular weight excluding hydrogens is 363 g/mol. The smallest absolute Gasteiger partial charge is 0.238 e. The van der Waals surface area contributed by atoms with Gasteiger partial charge < -0.3 is 20.1 Å². The Morgan fingerprint density at radius 1 is 1.11 bits per heavy atom. The summed E-state index contributed by atoms with van der Waals surface area (Å²) in [5.74, 6) is 0.374. The number of hydrogen-bond donors (Lipinski definition) is 2. The van der Waals surface area contributed by atoms with Gasteiger partial charge in [-0.15, -0.1) is 0 Å². The van der Waals surface area contributed by atoms with Gasteiger partial charge in [0, 0.05) is 17.7 Å². The third-order valence-corrected chi connectivity index (χ3v) is 4.54. The molecule has 1 amide bonds. The van der Waals surface area contributed by atoms with E-state index in [1.165, 1.54) is 19.1 Å². The second kappa shape index (κ2) is 8.39. The molecule has 0 aliphatic carbocycles. The minimum Gasteiger partial charge on any atom is -0.454 e. The number of fused-ring (bicyclic) bond motifs is 1. The van der Waals surface area contributed by atoms with Crippen molar-refractivity contribution in [2.75, 3.05) is 18.7 Å². The molecule has 0 unspecified atom stereocenters. The molecule has 148 valence electrons. The summed E-state index contributed by atoms with van der Waals surface area (Å²) in [5, 5.41) is 5.96. The Balaban J connectivity index is 1.70. The molecule has 7 heteroatoms. The van der Waals surface area contributed by atoms with E-state index >= 15 is 0 Å². The zero-order valence-electron chi connectivity index (χ0n) is 16.0. The zero-order chi connectivity index (χ0) is 20.3. The van der Waals surface area contributed by atoms with Crippen LogP contribution >= 0.6 is 0 Å². The number of hydrogen-bond acceptors (Lipinski definition) is 5. The van der Waals surface area contributed by atoms with Gasteiger partial charge in [0.25, 0.3) is 0 Å². The quantitative estimate of drug-likeness (QED) is 0.710. The predicted molar refractivity (Wildman–Crippen MR) is 103 cm³/mol. The Kier molecular flexibility index (Phi) is 5.94. The highest BCUT2D eigenvalue weighted by atomic mass is 19.1. The lowest BCUT2D eigenvalue weighted by Crippen LogP contribution is -2.34. The largest absolute Gasteiger partial charge is 0.454 e. The first-order chi connectivity index (χ1) is 13.3. The first-order valence-corrected chi connectivity index (χ1v) is 9.08. The van der Waals surface area contributed by atoms with Crippen LogP contribution in [0.4, 0.5) is 10.1 Å². The minimum atomic E-state index is -0.302. The van der Waals surface area contributed by atoms with Crippen molar-refractivity contribution in [3.05, 3.63) is 53.3 Å². The van der Waals surface area contributed by atoms with Crippen molar-refractivity contribution in [2.45, 2.75) is 26.8 Å². The van der Waals surface area contributed by atoms with Crippen LogP contribution in [0.2, 0.25) is 0 Å². The first-order valence-electron chi connectivity index (χ1n) is 9.08. The maximum atomic E-state index is 13.2. The number of benzene rings is 2. The topological polar surface area (TPSA) is 76.7 Å². The Bertz CT molecular complexity index is 881. The highest BCUT2D eigenvalue weighted by molar-refractivity contribution is 6.05. The number of ketones is 1. The van der Waals surface area contributed by atoms with Crippen molar-refractivity contribution in [2.24, 2.45) is 5.92 Å². The van der Waals surface area contributed by atoms with Crippen molar-refractivity contribution in [3.63, 3.8) is 0 Å². The van der Waals surface area contributed by atoms with Crippen molar-refractivity contribution < 1.29 is 23.5 Å². The summed E-state index contributed by atoms with van der Waals surface area (Å²) in [4.78, 5) is 24.4. The number of carbonyl (C=O) groups is 2. The number of rotatable bonds is 7. The zero-order valence-corrected chi connectivity index (χ0v) is 16.0. The van der Waals surface area contributed by atoms with E-state index in [1.54, 1.807) is 24.3 Å². The van der Waals surface area contributed by atoms with Crippen molar-refractivity contribution in [1.29, 1.82) is 0 Å². The molecule has 0 bridgehead atoms.